The minimum absolute atomic E-state index is 0.0705. The van der Waals surface area contributed by atoms with Crippen molar-refractivity contribution in [2.45, 2.75) is 50.0 Å². The number of ether oxygens (including phenoxy) is 4. The van der Waals surface area contributed by atoms with Crippen LogP contribution in [0.1, 0.15) is 6.92 Å². The Kier molecular flexibility index (Phi) is 5.73. The lowest BCUT2D eigenvalue weighted by atomic mass is 9.84. The van der Waals surface area contributed by atoms with Crippen molar-refractivity contribution in [3.63, 3.8) is 0 Å². The highest BCUT2D eigenvalue weighted by Crippen LogP contribution is 2.49. The van der Waals surface area contributed by atoms with Gasteiger partial charge < -0.3 is 39.4 Å². The number of carbonyl (C=O) groups is 2. The van der Waals surface area contributed by atoms with Crippen LogP contribution in [-0.2, 0) is 28.5 Å². The van der Waals surface area contributed by atoms with Crippen molar-refractivity contribution >= 4 is 22.8 Å². The van der Waals surface area contributed by atoms with E-state index >= 15 is 0 Å². The zero-order valence-corrected chi connectivity index (χ0v) is 16.2. The molecule has 2 fully saturated rings. The standard InChI is InChI=1S/C18H22O10S/c1-6(20)29-5-7-2-9-12-8(16(24)26-9)4-25-17(11(7)12)28-18-15(23)14(22)13(21)10(3-19)27-18/h2,4,9-15,17-19,21-23H,3,5H2,1H3/t9-,10+,11+,12-,13+,14-,15+,17-,18-/m0/s1. The molecule has 0 amide bonds. The lowest BCUT2D eigenvalue weighted by Gasteiger charge is -2.42. The van der Waals surface area contributed by atoms with Crippen molar-refractivity contribution in [3.05, 3.63) is 23.5 Å². The molecule has 29 heavy (non-hydrogen) atoms. The van der Waals surface area contributed by atoms with Crippen molar-refractivity contribution in [1.29, 1.82) is 0 Å². The summed E-state index contributed by atoms with van der Waals surface area (Å²) in [6.07, 6.45) is -5.64. The van der Waals surface area contributed by atoms with E-state index in [-0.39, 0.29) is 11.0 Å². The molecule has 4 aliphatic rings. The first-order valence-electron chi connectivity index (χ1n) is 9.18. The second-order valence-corrected chi connectivity index (χ2v) is 8.51. The maximum atomic E-state index is 12.0. The first-order valence-corrected chi connectivity index (χ1v) is 10.2. The number of hydrogen-bond donors (Lipinski definition) is 4. The summed E-state index contributed by atoms with van der Waals surface area (Å²) in [6.45, 7) is 0.864. The second kappa shape index (κ2) is 7.99. The van der Waals surface area contributed by atoms with Crippen LogP contribution in [0.15, 0.2) is 23.5 Å². The van der Waals surface area contributed by atoms with Gasteiger partial charge in [0.15, 0.2) is 11.4 Å². The van der Waals surface area contributed by atoms with Crippen LogP contribution in [0.5, 0.6) is 0 Å². The molecule has 0 unspecified atom stereocenters. The Balaban J connectivity index is 1.56. The molecule has 0 aromatic rings. The Hall–Kier alpha value is -1.47. The third kappa shape index (κ3) is 3.61. The zero-order chi connectivity index (χ0) is 20.9. The SMILES string of the molecule is CC(=O)SCC1=C[C@@H]2OC(=O)C3=CO[C@@H](O[C@@H]4O[C@H](CO)[C@@H](O)[C@H](O)[C@H]4O)[C@H]1[C@@H]32. The lowest BCUT2D eigenvalue weighted by Crippen LogP contribution is -2.60. The molecule has 1 aliphatic carbocycles. The summed E-state index contributed by atoms with van der Waals surface area (Å²) in [5.41, 5.74) is 1.17. The number of aliphatic hydroxyl groups excluding tert-OH is 4. The Morgan fingerprint density at radius 2 is 1.93 bits per heavy atom. The fraction of sp³-hybridized carbons (Fsp3) is 0.667. The van der Waals surface area contributed by atoms with Crippen molar-refractivity contribution in [2.24, 2.45) is 11.8 Å². The van der Waals surface area contributed by atoms with E-state index in [9.17, 15) is 30.0 Å². The van der Waals surface area contributed by atoms with Gasteiger partial charge in [-0.3, -0.25) is 4.79 Å². The van der Waals surface area contributed by atoms with Crippen LogP contribution >= 0.6 is 11.8 Å². The number of rotatable bonds is 5. The molecule has 2 saturated heterocycles. The number of esters is 1. The highest BCUT2D eigenvalue weighted by molar-refractivity contribution is 8.13. The van der Waals surface area contributed by atoms with E-state index in [1.54, 1.807) is 6.08 Å². The summed E-state index contributed by atoms with van der Waals surface area (Å²) in [6, 6.07) is 0. The van der Waals surface area contributed by atoms with E-state index in [0.29, 0.717) is 11.3 Å². The molecule has 0 aromatic heterocycles. The number of aliphatic hydroxyl groups is 4. The predicted octanol–water partition coefficient (Wildman–Crippen LogP) is -1.58. The van der Waals surface area contributed by atoms with Gasteiger partial charge >= 0.3 is 5.97 Å². The Morgan fingerprint density at radius 3 is 2.62 bits per heavy atom. The summed E-state index contributed by atoms with van der Waals surface area (Å²) in [7, 11) is 0. The molecule has 4 rings (SSSR count). The van der Waals surface area contributed by atoms with E-state index in [1.165, 1.54) is 13.2 Å². The van der Waals surface area contributed by atoms with Crippen LogP contribution in [0.2, 0.25) is 0 Å². The molecule has 0 radical (unpaired) electrons. The number of hydrogen-bond acceptors (Lipinski definition) is 11. The molecular weight excluding hydrogens is 408 g/mol. The summed E-state index contributed by atoms with van der Waals surface area (Å²) >= 11 is 1.10. The molecule has 0 saturated carbocycles. The van der Waals surface area contributed by atoms with Crippen molar-refractivity contribution in [2.75, 3.05) is 12.4 Å². The maximum absolute atomic E-state index is 12.0. The number of thioether (sulfide) groups is 1. The van der Waals surface area contributed by atoms with Gasteiger partial charge in [0.1, 0.15) is 30.5 Å². The lowest BCUT2D eigenvalue weighted by molar-refractivity contribution is -0.339. The molecule has 3 heterocycles. The molecule has 0 bridgehead atoms. The normalized spacial score (nSPS) is 43.2. The van der Waals surface area contributed by atoms with Gasteiger partial charge in [-0.05, 0) is 6.08 Å². The Labute approximate surface area is 170 Å². The van der Waals surface area contributed by atoms with Crippen molar-refractivity contribution in [1.82, 2.24) is 0 Å². The first kappa shape index (κ1) is 20.8. The first-order chi connectivity index (χ1) is 13.8. The molecule has 9 atom stereocenters. The summed E-state index contributed by atoms with van der Waals surface area (Å²) in [4.78, 5) is 23.4. The second-order valence-electron chi connectivity index (χ2n) is 7.35. The molecular formula is C18H22O10S. The molecule has 3 aliphatic heterocycles. The van der Waals surface area contributed by atoms with Crippen molar-refractivity contribution in [3.8, 4) is 0 Å². The monoisotopic (exact) mass is 430 g/mol. The highest BCUT2D eigenvalue weighted by atomic mass is 32.2. The van der Waals surface area contributed by atoms with E-state index < -0.39 is 61.6 Å². The average molecular weight is 430 g/mol. The maximum Gasteiger partial charge on any atom is 0.338 e. The van der Waals surface area contributed by atoms with E-state index in [4.69, 9.17) is 18.9 Å². The smallest absolute Gasteiger partial charge is 0.338 e. The molecule has 10 nitrogen and oxygen atoms in total. The molecule has 0 aromatic carbocycles. The highest BCUT2D eigenvalue weighted by Gasteiger charge is 2.56. The average Bonchev–Trinajstić information content (AvgIpc) is 3.20. The van der Waals surface area contributed by atoms with Gasteiger partial charge in [0, 0.05) is 18.6 Å². The van der Waals surface area contributed by atoms with Crippen LogP contribution in [0, 0.1) is 11.8 Å². The third-order valence-corrected chi connectivity index (χ3v) is 6.45. The largest absolute Gasteiger partial charge is 0.471 e. The van der Waals surface area contributed by atoms with Gasteiger partial charge in [-0.15, -0.1) is 0 Å². The summed E-state index contributed by atoms with van der Waals surface area (Å²) < 4.78 is 22.1. The van der Waals surface area contributed by atoms with Gasteiger partial charge in [0.2, 0.25) is 6.29 Å². The third-order valence-electron chi connectivity index (χ3n) is 5.57. The van der Waals surface area contributed by atoms with E-state index in [0.717, 1.165) is 17.3 Å². The minimum atomic E-state index is -1.59. The zero-order valence-electron chi connectivity index (χ0n) is 15.4. The number of carbonyl (C=O) groups excluding carboxylic acids is 2. The van der Waals surface area contributed by atoms with Crippen LogP contribution in [0.4, 0.5) is 0 Å². The van der Waals surface area contributed by atoms with Crippen LogP contribution in [0.25, 0.3) is 0 Å². The topological polar surface area (TPSA) is 152 Å². The van der Waals surface area contributed by atoms with Gasteiger partial charge in [-0.2, -0.15) is 0 Å². The molecule has 4 N–H and O–H groups in total. The predicted molar refractivity (Wildman–Crippen MR) is 95.9 cm³/mol. The van der Waals surface area contributed by atoms with Crippen LogP contribution in [0.3, 0.4) is 0 Å². The Bertz CT molecular complexity index is 749. The van der Waals surface area contributed by atoms with E-state index in [1.807, 2.05) is 0 Å². The quantitative estimate of drug-likeness (QED) is 0.295. The van der Waals surface area contributed by atoms with Gasteiger partial charge in [0.05, 0.1) is 24.4 Å². The van der Waals surface area contributed by atoms with E-state index in [2.05, 4.69) is 0 Å². The summed E-state index contributed by atoms with van der Waals surface area (Å²) in [5, 5.41) is 39.4. The minimum Gasteiger partial charge on any atom is -0.471 e. The van der Waals surface area contributed by atoms with Gasteiger partial charge in [0.25, 0.3) is 0 Å². The van der Waals surface area contributed by atoms with Crippen LogP contribution < -0.4 is 0 Å². The van der Waals surface area contributed by atoms with Gasteiger partial charge in [-0.1, -0.05) is 17.3 Å². The van der Waals surface area contributed by atoms with Gasteiger partial charge in [-0.25, -0.2) is 4.79 Å². The summed E-state index contributed by atoms with van der Waals surface area (Å²) in [5.74, 6) is -0.944. The molecule has 11 heteroatoms. The fourth-order valence-electron chi connectivity index (χ4n) is 4.12. The fourth-order valence-corrected chi connectivity index (χ4v) is 4.78. The Morgan fingerprint density at radius 1 is 1.17 bits per heavy atom. The van der Waals surface area contributed by atoms with Crippen LogP contribution in [-0.4, -0.2) is 87.0 Å². The molecule has 0 spiro atoms. The molecule has 160 valence electrons. The van der Waals surface area contributed by atoms with Crippen molar-refractivity contribution < 1.29 is 49.0 Å².